The number of esters is 2. The number of hydrogen-bond donors (Lipinski definition) is 1. The average molecular weight is 383 g/mol. The van der Waals surface area contributed by atoms with Gasteiger partial charge in [-0.1, -0.05) is 70.4 Å². The molecule has 0 unspecified atom stereocenters. The van der Waals surface area contributed by atoms with Gasteiger partial charge >= 0.3 is 17.9 Å². The van der Waals surface area contributed by atoms with E-state index in [0.717, 1.165) is 19.3 Å². The molecule has 0 aliphatic rings. The summed E-state index contributed by atoms with van der Waals surface area (Å²) in [6, 6.07) is 0. The molecule has 0 saturated heterocycles. The fourth-order valence-electron chi connectivity index (χ4n) is 2.78. The third-order valence-electron chi connectivity index (χ3n) is 4.41. The van der Waals surface area contributed by atoms with Crippen LogP contribution in [0.2, 0.25) is 0 Å². The van der Waals surface area contributed by atoms with Gasteiger partial charge in [0.05, 0.1) is 12.8 Å². The van der Waals surface area contributed by atoms with Gasteiger partial charge < -0.3 is 9.84 Å². The van der Waals surface area contributed by atoms with E-state index in [-0.39, 0.29) is 19.3 Å². The highest BCUT2D eigenvalue weighted by atomic mass is 16.6. The van der Waals surface area contributed by atoms with Crippen LogP contribution in [0.1, 0.15) is 110 Å². The van der Waals surface area contributed by atoms with Gasteiger partial charge in [0.2, 0.25) is 0 Å². The number of carbonyl (C=O) groups is 3. The topological polar surface area (TPSA) is 80.7 Å². The third-order valence-corrected chi connectivity index (χ3v) is 4.41. The first-order chi connectivity index (χ1) is 13.1. The van der Waals surface area contributed by atoms with Gasteiger partial charge in [0.15, 0.2) is 0 Å². The van der Waals surface area contributed by atoms with E-state index >= 15 is 0 Å². The van der Waals surface area contributed by atoms with Crippen LogP contribution in [-0.2, 0) is 19.1 Å². The molecule has 156 valence electrons. The van der Waals surface area contributed by atoms with Gasteiger partial charge in [-0.15, -0.1) is 0 Å². The summed E-state index contributed by atoms with van der Waals surface area (Å²) in [5.74, 6) is -2.40. The molecule has 0 atom stereocenters. The van der Waals surface area contributed by atoms with Crippen molar-refractivity contribution < 1.29 is 24.2 Å². The molecule has 0 aliphatic heterocycles. The Morgan fingerprint density at radius 3 is 1.70 bits per heavy atom. The lowest BCUT2D eigenvalue weighted by Gasteiger charge is -2.01. The molecule has 0 aromatic heterocycles. The van der Waals surface area contributed by atoms with Crippen LogP contribution in [-0.4, -0.2) is 23.0 Å². The minimum Gasteiger partial charge on any atom is -0.481 e. The second-order valence-electron chi connectivity index (χ2n) is 7.07. The quantitative estimate of drug-likeness (QED) is 0.137. The lowest BCUT2D eigenvalue weighted by Crippen LogP contribution is -2.13. The highest BCUT2D eigenvalue weighted by Gasteiger charge is 2.11. The van der Waals surface area contributed by atoms with Crippen LogP contribution in [0.4, 0.5) is 0 Å². The Kier molecular flexibility index (Phi) is 18.0. The highest BCUT2D eigenvalue weighted by molar-refractivity contribution is 5.86. The first-order valence-corrected chi connectivity index (χ1v) is 10.7. The van der Waals surface area contributed by atoms with Crippen LogP contribution in [0.25, 0.3) is 0 Å². The minimum atomic E-state index is -1.08. The van der Waals surface area contributed by atoms with Crippen molar-refractivity contribution in [3.8, 4) is 0 Å². The maximum absolute atomic E-state index is 11.4. The molecule has 0 spiro atoms. The molecule has 1 N–H and O–H groups in total. The number of unbranched alkanes of at least 4 members (excludes halogenated alkanes) is 11. The summed E-state index contributed by atoms with van der Waals surface area (Å²) < 4.78 is 4.56. The van der Waals surface area contributed by atoms with Crippen molar-refractivity contribution in [3.05, 3.63) is 12.2 Å². The summed E-state index contributed by atoms with van der Waals surface area (Å²) in [5.41, 5.74) is 0. The zero-order valence-electron chi connectivity index (χ0n) is 17.0. The predicted molar refractivity (Wildman–Crippen MR) is 107 cm³/mol. The Bertz CT molecular complexity index is 428. The number of aliphatic carboxylic acids is 1. The largest absolute Gasteiger partial charge is 0.481 e. The highest BCUT2D eigenvalue weighted by Crippen LogP contribution is 2.11. The fourth-order valence-corrected chi connectivity index (χ4v) is 2.78. The van der Waals surface area contributed by atoms with Crippen LogP contribution < -0.4 is 0 Å². The van der Waals surface area contributed by atoms with Crippen LogP contribution in [0.5, 0.6) is 0 Å². The number of allylic oxidation sites excluding steroid dienone is 2. The fraction of sp³-hybridized carbons (Fsp3) is 0.773. The lowest BCUT2D eigenvalue weighted by molar-refractivity contribution is -0.161. The van der Waals surface area contributed by atoms with Gasteiger partial charge in [-0.05, 0) is 32.1 Å². The molecular weight excluding hydrogens is 344 g/mol. The van der Waals surface area contributed by atoms with Crippen molar-refractivity contribution in [2.24, 2.45) is 0 Å². The molecule has 5 nitrogen and oxygen atoms in total. The zero-order valence-corrected chi connectivity index (χ0v) is 17.0. The Morgan fingerprint density at radius 1 is 0.667 bits per heavy atom. The number of rotatable bonds is 18. The maximum atomic E-state index is 11.4. The van der Waals surface area contributed by atoms with E-state index < -0.39 is 17.9 Å². The average Bonchev–Trinajstić information content (AvgIpc) is 2.63. The number of hydrogen-bond acceptors (Lipinski definition) is 4. The van der Waals surface area contributed by atoms with Crippen LogP contribution in [0.3, 0.4) is 0 Å². The van der Waals surface area contributed by atoms with Gasteiger partial charge in [-0.25, -0.2) is 0 Å². The summed E-state index contributed by atoms with van der Waals surface area (Å²) in [6.45, 7) is 2.25. The van der Waals surface area contributed by atoms with E-state index in [9.17, 15) is 14.4 Å². The molecule has 0 rings (SSSR count). The summed E-state index contributed by atoms with van der Waals surface area (Å²) >= 11 is 0. The van der Waals surface area contributed by atoms with Crippen molar-refractivity contribution in [2.45, 2.75) is 110 Å². The van der Waals surface area contributed by atoms with Crippen molar-refractivity contribution in [2.75, 3.05) is 0 Å². The molecule has 0 radical (unpaired) electrons. The van der Waals surface area contributed by atoms with Gasteiger partial charge in [-0.3, -0.25) is 14.4 Å². The van der Waals surface area contributed by atoms with E-state index in [0.29, 0.717) is 6.42 Å². The monoisotopic (exact) mass is 382 g/mol. The van der Waals surface area contributed by atoms with Crippen LogP contribution >= 0.6 is 0 Å². The minimum absolute atomic E-state index is 0.199. The van der Waals surface area contributed by atoms with Crippen LogP contribution in [0.15, 0.2) is 12.2 Å². The molecule has 0 amide bonds. The first-order valence-electron chi connectivity index (χ1n) is 10.7. The molecule has 0 bridgehead atoms. The lowest BCUT2D eigenvalue weighted by atomic mass is 10.1. The second-order valence-corrected chi connectivity index (χ2v) is 7.07. The summed E-state index contributed by atoms with van der Waals surface area (Å²) in [4.78, 5) is 32.9. The van der Waals surface area contributed by atoms with Crippen molar-refractivity contribution in [3.63, 3.8) is 0 Å². The van der Waals surface area contributed by atoms with E-state index in [1.165, 1.54) is 57.8 Å². The molecule has 0 aromatic carbocycles. The van der Waals surface area contributed by atoms with Gasteiger partial charge in [0.25, 0.3) is 0 Å². The van der Waals surface area contributed by atoms with Gasteiger partial charge in [0.1, 0.15) is 0 Å². The van der Waals surface area contributed by atoms with E-state index in [1.54, 1.807) is 0 Å². The second kappa shape index (κ2) is 19.1. The smallest absolute Gasteiger partial charge is 0.314 e. The van der Waals surface area contributed by atoms with Crippen molar-refractivity contribution in [1.29, 1.82) is 0 Å². The standard InChI is InChI=1S/C22H38O5/c1-2-3-4-5-6-7-8-9-10-11-12-13-14-15-16-17-21(25)27-22(26)19-18-20(23)24/h12-13H,2-11,14-19H2,1H3,(H,23,24). The van der Waals surface area contributed by atoms with Gasteiger partial charge in [-0.2, -0.15) is 0 Å². The molecule has 0 aliphatic carbocycles. The molecule has 0 fully saturated rings. The Hall–Kier alpha value is -1.65. The molecule has 0 heterocycles. The normalized spacial score (nSPS) is 11.0. The zero-order chi connectivity index (χ0) is 20.2. The molecular formula is C22H38O5. The number of ether oxygens (including phenoxy) is 1. The van der Waals surface area contributed by atoms with Gasteiger partial charge in [0, 0.05) is 6.42 Å². The number of carboxylic acids is 1. The van der Waals surface area contributed by atoms with E-state index in [2.05, 4.69) is 23.8 Å². The third kappa shape index (κ3) is 20.5. The molecule has 27 heavy (non-hydrogen) atoms. The van der Waals surface area contributed by atoms with Crippen LogP contribution in [0, 0.1) is 0 Å². The SMILES string of the molecule is CCCCCCCCCCCC=CCCCCC(=O)OC(=O)CCC(=O)O. The molecule has 5 heteroatoms. The van der Waals surface area contributed by atoms with E-state index in [4.69, 9.17) is 5.11 Å². The first kappa shape index (κ1) is 25.4. The molecule has 0 aromatic rings. The number of carbonyl (C=O) groups excluding carboxylic acids is 2. The summed E-state index contributed by atoms with van der Waals surface area (Å²) in [7, 11) is 0. The van der Waals surface area contributed by atoms with Crippen molar-refractivity contribution >= 4 is 17.9 Å². The van der Waals surface area contributed by atoms with Crippen molar-refractivity contribution in [1.82, 2.24) is 0 Å². The summed E-state index contributed by atoms with van der Waals surface area (Å²) in [5, 5.41) is 8.45. The van der Waals surface area contributed by atoms with E-state index in [1.807, 2.05) is 0 Å². The Balaban J connectivity index is 3.36. The predicted octanol–water partition coefficient (Wildman–Crippen LogP) is 5.96. The maximum Gasteiger partial charge on any atom is 0.314 e. The summed E-state index contributed by atoms with van der Waals surface area (Å²) in [6.07, 6.45) is 19.7. The Labute approximate surface area is 164 Å². The molecule has 0 saturated carbocycles. The Morgan fingerprint density at radius 2 is 1.15 bits per heavy atom. The number of carboxylic acid groups (broad SMARTS) is 1.